The molecular weight excluding hydrogens is 348 g/mol. The zero-order chi connectivity index (χ0) is 17.7. The Bertz CT molecular complexity index is 1270. The van der Waals surface area contributed by atoms with E-state index in [0.717, 1.165) is 21.3 Å². The lowest BCUT2D eigenvalue weighted by Gasteiger charge is -2.07. The van der Waals surface area contributed by atoms with Crippen LogP contribution in [0.25, 0.3) is 27.0 Å². The van der Waals surface area contributed by atoms with Gasteiger partial charge in [0.25, 0.3) is 5.91 Å². The van der Waals surface area contributed by atoms with E-state index in [-0.39, 0.29) is 11.5 Å². The van der Waals surface area contributed by atoms with Gasteiger partial charge >= 0.3 is 0 Å². The third-order valence-electron chi connectivity index (χ3n) is 4.13. The third-order valence-corrected chi connectivity index (χ3v) is 5.08. The highest BCUT2D eigenvalue weighted by Gasteiger charge is 2.17. The smallest absolute Gasteiger partial charge is 0.262 e. The number of anilines is 2. The molecule has 8 heteroatoms. The van der Waals surface area contributed by atoms with Crippen molar-refractivity contribution in [1.29, 1.82) is 0 Å². The number of nitrogens with one attached hydrogen (secondary N) is 1. The van der Waals surface area contributed by atoms with Gasteiger partial charge < -0.3 is 5.73 Å². The second kappa shape index (κ2) is 5.50. The highest BCUT2D eigenvalue weighted by molar-refractivity contribution is 7.22. The first-order valence-electron chi connectivity index (χ1n) is 7.89. The zero-order valence-electron chi connectivity index (χ0n) is 13.4. The van der Waals surface area contributed by atoms with Crippen molar-refractivity contribution in [3.63, 3.8) is 0 Å². The van der Waals surface area contributed by atoms with E-state index in [9.17, 15) is 4.79 Å². The van der Waals surface area contributed by atoms with E-state index in [2.05, 4.69) is 20.3 Å². The number of benzene rings is 2. The van der Waals surface area contributed by atoms with Crippen molar-refractivity contribution >= 4 is 55.2 Å². The van der Waals surface area contributed by atoms with Crippen LogP contribution < -0.4 is 11.1 Å². The molecule has 0 atom stereocenters. The van der Waals surface area contributed by atoms with E-state index < -0.39 is 0 Å². The van der Waals surface area contributed by atoms with E-state index in [1.54, 1.807) is 4.40 Å². The minimum atomic E-state index is -0.353. The van der Waals surface area contributed by atoms with Crippen LogP contribution in [0.3, 0.4) is 0 Å². The van der Waals surface area contributed by atoms with Crippen LogP contribution in [0.1, 0.15) is 10.4 Å². The minimum Gasteiger partial charge on any atom is -0.384 e. The summed E-state index contributed by atoms with van der Waals surface area (Å²) < 4.78 is 2.69. The molecule has 0 saturated carbocycles. The van der Waals surface area contributed by atoms with Crippen molar-refractivity contribution in [3.8, 4) is 0 Å². The number of amides is 1. The summed E-state index contributed by atoms with van der Waals surface area (Å²) in [5, 5.41) is 3.33. The Morgan fingerprint density at radius 1 is 1.04 bits per heavy atom. The van der Waals surface area contributed by atoms with Crippen molar-refractivity contribution in [2.75, 3.05) is 11.1 Å². The molecule has 126 valence electrons. The first-order valence-corrected chi connectivity index (χ1v) is 8.71. The number of para-hydroxylation sites is 3. The summed E-state index contributed by atoms with van der Waals surface area (Å²) in [4.78, 5) is 25.8. The molecule has 0 aliphatic carbocycles. The van der Waals surface area contributed by atoms with Crippen molar-refractivity contribution in [3.05, 3.63) is 60.3 Å². The van der Waals surface area contributed by atoms with E-state index in [1.807, 2.05) is 48.5 Å². The third kappa shape index (κ3) is 2.20. The van der Waals surface area contributed by atoms with Crippen LogP contribution in [0.4, 0.5) is 10.9 Å². The number of aromatic nitrogens is 4. The summed E-state index contributed by atoms with van der Waals surface area (Å²) in [5.41, 5.74) is 8.97. The number of nitrogens with zero attached hydrogens (tertiary/aromatic N) is 4. The van der Waals surface area contributed by atoms with Crippen LogP contribution in [-0.4, -0.2) is 25.3 Å². The standard InChI is InChI=1S/C18H12N6OS/c19-15-10(9-20-17-21-11-5-1-3-7-13(11)24(15)17)16(25)23-18-22-12-6-2-4-8-14(12)26-18/h1-9H,19H2,(H,22,23,25). The number of nitrogens with two attached hydrogens (primary N) is 1. The predicted molar refractivity (Wildman–Crippen MR) is 102 cm³/mol. The van der Waals surface area contributed by atoms with E-state index >= 15 is 0 Å². The molecule has 3 heterocycles. The number of imidazole rings is 1. The van der Waals surface area contributed by atoms with Gasteiger partial charge in [0.1, 0.15) is 5.82 Å². The molecule has 26 heavy (non-hydrogen) atoms. The van der Waals surface area contributed by atoms with Gasteiger partial charge in [-0.05, 0) is 24.3 Å². The van der Waals surface area contributed by atoms with Crippen LogP contribution in [0.5, 0.6) is 0 Å². The number of carbonyl (C=O) groups excluding carboxylic acids is 1. The molecule has 7 nitrogen and oxygen atoms in total. The minimum absolute atomic E-state index is 0.278. The molecule has 0 bridgehead atoms. The number of nitrogen functional groups attached to an aromatic ring is 1. The van der Waals surface area contributed by atoms with E-state index in [4.69, 9.17) is 5.73 Å². The topological polar surface area (TPSA) is 98.2 Å². The molecule has 0 spiro atoms. The maximum absolute atomic E-state index is 12.7. The van der Waals surface area contributed by atoms with Crippen LogP contribution in [-0.2, 0) is 0 Å². The fourth-order valence-electron chi connectivity index (χ4n) is 2.91. The van der Waals surface area contributed by atoms with Gasteiger partial charge in [-0.2, -0.15) is 0 Å². The van der Waals surface area contributed by atoms with Crippen molar-refractivity contribution < 1.29 is 4.79 Å². The normalized spacial score (nSPS) is 11.4. The monoisotopic (exact) mass is 360 g/mol. The molecular formula is C18H12N6OS. The van der Waals surface area contributed by atoms with Crippen LogP contribution in [0, 0.1) is 0 Å². The van der Waals surface area contributed by atoms with Gasteiger partial charge in [0.05, 0.1) is 26.8 Å². The molecule has 5 aromatic rings. The molecule has 5 rings (SSSR count). The Labute approximate surface area is 151 Å². The van der Waals surface area contributed by atoms with Gasteiger partial charge in [0.15, 0.2) is 5.13 Å². The first-order chi connectivity index (χ1) is 12.7. The van der Waals surface area contributed by atoms with Crippen molar-refractivity contribution in [1.82, 2.24) is 19.4 Å². The van der Waals surface area contributed by atoms with Gasteiger partial charge in [0.2, 0.25) is 5.78 Å². The predicted octanol–water partition coefficient (Wildman–Crippen LogP) is 3.33. The molecule has 3 aromatic heterocycles. The summed E-state index contributed by atoms with van der Waals surface area (Å²) in [6.07, 6.45) is 1.44. The Balaban J connectivity index is 1.58. The quantitative estimate of drug-likeness (QED) is 0.503. The van der Waals surface area contributed by atoms with E-state index in [1.165, 1.54) is 17.5 Å². The second-order valence-corrected chi connectivity index (χ2v) is 6.76. The van der Waals surface area contributed by atoms with Crippen molar-refractivity contribution in [2.45, 2.75) is 0 Å². The van der Waals surface area contributed by atoms with Gasteiger partial charge in [-0.1, -0.05) is 35.6 Å². The number of rotatable bonds is 2. The van der Waals surface area contributed by atoms with Gasteiger partial charge in [0, 0.05) is 6.20 Å². The lowest BCUT2D eigenvalue weighted by molar-refractivity contribution is 0.102. The number of thiazole rings is 1. The number of hydrogen-bond donors (Lipinski definition) is 2. The highest BCUT2D eigenvalue weighted by atomic mass is 32.1. The molecule has 3 N–H and O–H groups in total. The lowest BCUT2D eigenvalue weighted by Crippen LogP contribution is -2.16. The summed E-state index contributed by atoms with van der Waals surface area (Å²) >= 11 is 1.41. The van der Waals surface area contributed by atoms with Gasteiger partial charge in [-0.3, -0.25) is 14.5 Å². The molecule has 1 amide bonds. The van der Waals surface area contributed by atoms with Gasteiger partial charge in [-0.25, -0.2) is 15.0 Å². The molecule has 0 saturated heterocycles. The maximum Gasteiger partial charge on any atom is 0.262 e. The fraction of sp³-hybridized carbons (Fsp3) is 0. The number of carbonyl (C=O) groups is 1. The highest BCUT2D eigenvalue weighted by Crippen LogP contribution is 2.27. The molecule has 0 fully saturated rings. The largest absolute Gasteiger partial charge is 0.384 e. The molecule has 0 radical (unpaired) electrons. The lowest BCUT2D eigenvalue weighted by atomic mass is 10.3. The average molecular weight is 360 g/mol. The van der Waals surface area contributed by atoms with Crippen LogP contribution >= 0.6 is 11.3 Å². The molecule has 2 aromatic carbocycles. The number of fused-ring (bicyclic) bond motifs is 4. The van der Waals surface area contributed by atoms with Crippen molar-refractivity contribution in [2.24, 2.45) is 0 Å². The SMILES string of the molecule is Nc1c(C(=O)Nc2nc3ccccc3s2)cnc2nc3ccccc3n12. The Kier molecular flexibility index (Phi) is 3.13. The average Bonchev–Trinajstić information content (AvgIpc) is 3.22. The summed E-state index contributed by atoms with van der Waals surface area (Å²) in [6, 6.07) is 15.3. The summed E-state index contributed by atoms with van der Waals surface area (Å²) in [7, 11) is 0. The van der Waals surface area contributed by atoms with Crippen LogP contribution in [0.15, 0.2) is 54.7 Å². The number of hydrogen-bond acceptors (Lipinski definition) is 6. The maximum atomic E-state index is 12.7. The molecule has 0 unspecified atom stereocenters. The Hall–Kier alpha value is -3.52. The summed E-state index contributed by atoms with van der Waals surface area (Å²) in [6.45, 7) is 0. The summed E-state index contributed by atoms with van der Waals surface area (Å²) in [5.74, 6) is 0.399. The Morgan fingerprint density at radius 3 is 2.65 bits per heavy atom. The molecule has 0 aliphatic heterocycles. The fourth-order valence-corrected chi connectivity index (χ4v) is 3.77. The van der Waals surface area contributed by atoms with Gasteiger partial charge in [-0.15, -0.1) is 0 Å². The Morgan fingerprint density at radius 2 is 1.81 bits per heavy atom. The first kappa shape index (κ1) is 14.8. The molecule has 0 aliphatic rings. The van der Waals surface area contributed by atoms with Crippen LogP contribution in [0.2, 0.25) is 0 Å². The zero-order valence-corrected chi connectivity index (χ0v) is 14.2. The second-order valence-electron chi connectivity index (χ2n) is 5.73. The van der Waals surface area contributed by atoms with E-state index in [0.29, 0.717) is 16.7 Å².